The van der Waals surface area contributed by atoms with E-state index in [4.69, 9.17) is 30.0 Å². The number of rotatable bonds is 17. The van der Waals surface area contributed by atoms with Crippen molar-refractivity contribution in [3.63, 3.8) is 0 Å². The van der Waals surface area contributed by atoms with Crippen molar-refractivity contribution in [1.82, 2.24) is 14.7 Å². The fourth-order valence-electron chi connectivity index (χ4n) is 11.7. The Morgan fingerprint density at radius 1 is 0.500 bits per heavy atom. The molecule has 0 radical (unpaired) electrons. The normalized spacial score (nSPS) is 16.0. The molecule has 0 amide bonds. The molecule has 0 saturated carbocycles. The highest BCUT2D eigenvalue weighted by molar-refractivity contribution is 6.03. The lowest BCUT2D eigenvalue weighted by molar-refractivity contribution is 0.0719. The van der Waals surface area contributed by atoms with Gasteiger partial charge in [0.15, 0.2) is 11.6 Å². The van der Waals surface area contributed by atoms with E-state index in [1.165, 1.54) is 51.4 Å². The standard InChI is InChI=1S/C23H28N2O2.C22H26N2O2.C15H11NO2.C8H17N.4C2H6/c1-4-12-25-13-10-16(2)21(15-25)23(26)18-5-7-19-17(14-18)6-8-22(27-3)20(19)9-11-24;1-3-12-24-13-4-5-18(15-24)22(25)17-6-8-19-16(14-17)7-9-21(26-2)20(19)10-11-23;1-18-15-5-3-12-10-11(7-9-17)2-4-13(12)14(15)6-8-16;1-2-6-9-7-4-3-5-8-9;4*1-2/h5-8,14,16,21H,4,9-10,12-13,15H2,1-3H3;6-9,14,18H,3-5,10,12-13,15H2,1-2H3;2-5,7,10H,6H2,1H3;2-8H2,1H3;4*1-2H3/t16-,21+;;;;;;;/m1......./s1. The molecule has 3 heterocycles. The molecule has 476 valence electrons. The van der Waals surface area contributed by atoms with E-state index in [0.29, 0.717) is 30.9 Å². The first-order chi connectivity index (χ1) is 43.0. The van der Waals surface area contributed by atoms with E-state index in [9.17, 15) is 14.4 Å². The SMILES string of the molecule is CC.CC.CC.CC.CCCN1CCCC(C(=O)c2ccc3c(CC#N)c(OC)ccc3c2)C1.CCCN1CCCCC1.CCCN1CC[C@@H](C)[C@@H](C(=O)c2ccc3c(CC#N)c(OC)ccc3c2)C1.COc1ccc2cc(C=C=O)ccc2c1CC#N. The number of carbonyl (C=O) groups excluding carboxylic acids is 3. The van der Waals surface area contributed by atoms with E-state index >= 15 is 0 Å². The maximum Gasteiger partial charge on any atom is 0.167 e. The summed E-state index contributed by atoms with van der Waals surface area (Å²) >= 11 is 0. The number of ketones is 2. The highest BCUT2D eigenvalue weighted by Crippen LogP contribution is 2.34. The summed E-state index contributed by atoms with van der Waals surface area (Å²) in [5, 5.41) is 33.0. The van der Waals surface area contributed by atoms with Crippen LogP contribution in [-0.4, -0.2) is 112 Å². The number of fused-ring (bicyclic) bond motifs is 3. The van der Waals surface area contributed by atoms with Crippen molar-refractivity contribution in [1.29, 1.82) is 15.8 Å². The molecular formula is C76H106N6O6. The number of carbonyl (C=O) groups is 2. The van der Waals surface area contributed by atoms with Crippen LogP contribution >= 0.6 is 0 Å². The van der Waals surface area contributed by atoms with Crippen molar-refractivity contribution in [3.05, 3.63) is 124 Å². The molecule has 3 fully saturated rings. The summed E-state index contributed by atoms with van der Waals surface area (Å²) in [5.41, 5.74) is 4.99. The van der Waals surface area contributed by atoms with Gasteiger partial charge in [-0.1, -0.05) is 144 Å². The fourth-order valence-corrected chi connectivity index (χ4v) is 11.7. The van der Waals surface area contributed by atoms with E-state index in [0.717, 1.165) is 149 Å². The van der Waals surface area contributed by atoms with Crippen LogP contribution in [0.4, 0.5) is 0 Å². The Kier molecular flexibility index (Phi) is 38.5. The average molecular weight is 1200 g/mol. The maximum absolute atomic E-state index is 13.2. The summed E-state index contributed by atoms with van der Waals surface area (Å²) in [4.78, 5) is 44.0. The smallest absolute Gasteiger partial charge is 0.167 e. The van der Waals surface area contributed by atoms with E-state index < -0.39 is 0 Å². The first-order valence-electron chi connectivity index (χ1n) is 32.9. The summed E-state index contributed by atoms with van der Waals surface area (Å²) < 4.78 is 16.1. The molecule has 12 heteroatoms. The van der Waals surface area contributed by atoms with Gasteiger partial charge in [-0.05, 0) is 177 Å². The molecule has 12 nitrogen and oxygen atoms in total. The monoisotopic (exact) mass is 1200 g/mol. The number of likely N-dealkylation sites (tertiary alicyclic amines) is 3. The Morgan fingerprint density at radius 2 is 0.909 bits per heavy atom. The molecule has 0 aromatic heterocycles. The van der Waals surface area contributed by atoms with Crippen LogP contribution < -0.4 is 14.2 Å². The predicted octanol–water partition coefficient (Wildman–Crippen LogP) is 17.4. The predicted molar refractivity (Wildman–Crippen MR) is 368 cm³/mol. The molecule has 6 aromatic carbocycles. The molecule has 3 saturated heterocycles. The number of piperidine rings is 3. The van der Waals surface area contributed by atoms with Gasteiger partial charge in [-0.15, -0.1) is 0 Å². The zero-order chi connectivity index (χ0) is 65.4. The fraction of sp³-hybridized carbons (Fsp3) is 0.513. The zero-order valence-electron chi connectivity index (χ0n) is 56.5. The molecule has 9 rings (SSSR count). The van der Waals surface area contributed by atoms with Gasteiger partial charge >= 0.3 is 0 Å². The Balaban J connectivity index is 0.000000403. The number of nitriles is 3. The maximum atomic E-state index is 13.2. The number of benzene rings is 6. The topological polar surface area (TPSA) is 160 Å². The van der Waals surface area contributed by atoms with Crippen LogP contribution in [0.15, 0.2) is 91.0 Å². The van der Waals surface area contributed by atoms with Gasteiger partial charge < -0.3 is 28.9 Å². The van der Waals surface area contributed by atoms with Gasteiger partial charge in [0.1, 0.15) is 23.2 Å². The third-order valence-corrected chi connectivity index (χ3v) is 15.8. The van der Waals surface area contributed by atoms with Gasteiger partial charge in [0.05, 0.1) is 58.8 Å². The molecular weight excluding hydrogens is 1090 g/mol. The van der Waals surface area contributed by atoms with Gasteiger partial charge in [-0.2, -0.15) is 15.8 Å². The van der Waals surface area contributed by atoms with E-state index in [2.05, 4.69) is 60.6 Å². The second kappa shape index (κ2) is 44.1. The van der Waals surface area contributed by atoms with Gasteiger partial charge in [0, 0.05) is 58.8 Å². The lowest BCUT2D eigenvalue weighted by atomic mass is 9.81. The van der Waals surface area contributed by atoms with E-state index in [-0.39, 0.29) is 23.4 Å². The number of ether oxygens (including phenoxy) is 3. The van der Waals surface area contributed by atoms with Gasteiger partial charge in [0.25, 0.3) is 0 Å². The highest BCUT2D eigenvalue weighted by Gasteiger charge is 2.32. The molecule has 3 aliphatic rings. The summed E-state index contributed by atoms with van der Waals surface area (Å²) in [6, 6.07) is 35.3. The van der Waals surface area contributed by atoms with Gasteiger partial charge in [0.2, 0.25) is 0 Å². The van der Waals surface area contributed by atoms with Crippen LogP contribution in [0.25, 0.3) is 38.4 Å². The molecule has 3 aliphatic heterocycles. The Labute approximate surface area is 530 Å². The number of hydrogen-bond acceptors (Lipinski definition) is 12. The average Bonchev–Trinajstić information content (AvgIpc) is 1.12. The Bertz CT molecular complexity index is 3210. The number of methoxy groups -OCH3 is 3. The Hall–Kier alpha value is -7.36. The third-order valence-electron chi connectivity index (χ3n) is 15.8. The van der Waals surface area contributed by atoms with Crippen LogP contribution in [0.5, 0.6) is 17.2 Å². The summed E-state index contributed by atoms with van der Waals surface area (Å²) in [7, 11) is 4.82. The number of hydrogen-bond donors (Lipinski definition) is 0. The van der Waals surface area contributed by atoms with E-state index in [1.54, 1.807) is 27.3 Å². The zero-order valence-corrected chi connectivity index (χ0v) is 56.5. The molecule has 0 aliphatic carbocycles. The number of Topliss-reactive ketones (excluding diaryl/α,β-unsaturated/α-hetero) is 2. The van der Waals surface area contributed by atoms with E-state index in [1.807, 2.05) is 146 Å². The van der Waals surface area contributed by atoms with Crippen LogP contribution in [0.3, 0.4) is 0 Å². The highest BCUT2D eigenvalue weighted by atomic mass is 16.5. The number of nitrogens with zero attached hydrogens (tertiary/aromatic N) is 6. The van der Waals surface area contributed by atoms with Crippen molar-refractivity contribution < 1.29 is 28.6 Å². The van der Waals surface area contributed by atoms with Crippen molar-refractivity contribution >= 4 is 55.9 Å². The molecule has 0 bridgehead atoms. The van der Waals surface area contributed by atoms with Crippen molar-refractivity contribution in [2.75, 3.05) is 80.2 Å². The summed E-state index contributed by atoms with van der Waals surface area (Å²) in [6.45, 7) is 34.9. The second-order valence-corrected chi connectivity index (χ2v) is 21.3. The molecule has 0 N–H and O–H groups in total. The third kappa shape index (κ3) is 22.7. The van der Waals surface area contributed by atoms with Gasteiger partial charge in [-0.25, -0.2) is 4.79 Å². The molecule has 3 atom stereocenters. The summed E-state index contributed by atoms with van der Waals surface area (Å²) in [6.07, 6.45) is 13.3. The lowest BCUT2D eigenvalue weighted by Crippen LogP contribution is -2.43. The Morgan fingerprint density at radius 3 is 1.34 bits per heavy atom. The van der Waals surface area contributed by atoms with Crippen molar-refractivity contribution in [2.45, 2.75) is 160 Å². The quantitative estimate of drug-likeness (QED) is 0.0629. The minimum Gasteiger partial charge on any atom is -0.496 e. The lowest BCUT2D eigenvalue weighted by Gasteiger charge is -2.36. The molecule has 1 unspecified atom stereocenters. The van der Waals surface area contributed by atoms with Crippen LogP contribution in [0.2, 0.25) is 0 Å². The molecule has 88 heavy (non-hydrogen) atoms. The summed E-state index contributed by atoms with van der Waals surface area (Å²) in [5.74, 6) is 4.95. The minimum atomic E-state index is 0.0552. The minimum absolute atomic E-state index is 0.0552. The van der Waals surface area contributed by atoms with Crippen LogP contribution in [-0.2, 0) is 24.1 Å². The first-order valence-corrected chi connectivity index (χ1v) is 32.9. The van der Waals surface area contributed by atoms with Gasteiger partial charge in [-0.3, -0.25) is 9.59 Å². The van der Waals surface area contributed by atoms with Crippen molar-refractivity contribution in [3.8, 4) is 35.5 Å². The molecule has 0 spiro atoms. The first kappa shape index (κ1) is 76.7. The second-order valence-electron chi connectivity index (χ2n) is 21.3. The van der Waals surface area contributed by atoms with Crippen LogP contribution in [0, 0.1) is 51.7 Å². The van der Waals surface area contributed by atoms with Crippen LogP contribution in [0.1, 0.15) is 184 Å². The largest absolute Gasteiger partial charge is 0.496 e. The molecule has 6 aromatic rings. The van der Waals surface area contributed by atoms with Crippen molar-refractivity contribution in [2.24, 2.45) is 17.8 Å².